The molecule has 5 nitrogen and oxygen atoms in total. The quantitative estimate of drug-likeness (QED) is 0.757. The molecule has 0 fully saturated rings. The molecule has 1 atom stereocenters. The van der Waals surface area contributed by atoms with E-state index in [4.69, 9.17) is 17.3 Å². The maximum Gasteiger partial charge on any atom is 0.251 e. The van der Waals surface area contributed by atoms with Crippen LogP contribution in [0.15, 0.2) is 48.5 Å². The first-order valence-corrected chi connectivity index (χ1v) is 7.46. The van der Waals surface area contributed by atoms with Crippen molar-refractivity contribution in [2.45, 2.75) is 12.5 Å². The molecule has 2 amide bonds. The second-order valence-corrected chi connectivity index (χ2v) is 5.42. The SMILES string of the molecule is NC(=O)c1cc(C(=O)NC(CCO)c2ccccc2)ccc1Cl. The Kier molecular flexibility index (Phi) is 5.73. The number of hydrogen-bond donors (Lipinski definition) is 3. The Balaban J connectivity index is 2.22. The van der Waals surface area contributed by atoms with Gasteiger partial charge in [0.05, 0.1) is 16.6 Å². The highest BCUT2D eigenvalue weighted by atomic mass is 35.5. The Labute approximate surface area is 139 Å². The van der Waals surface area contributed by atoms with Gasteiger partial charge in [-0.2, -0.15) is 0 Å². The van der Waals surface area contributed by atoms with Gasteiger partial charge >= 0.3 is 0 Å². The molecule has 1 unspecified atom stereocenters. The van der Waals surface area contributed by atoms with E-state index < -0.39 is 5.91 Å². The first kappa shape index (κ1) is 17.0. The largest absolute Gasteiger partial charge is 0.396 e. The normalized spacial score (nSPS) is 11.7. The van der Waals surface area contributed by atoms with E-state index in [2.05, 4.69) is 5.32 Å². The second kappa shape index (κ2) is 7.76. The van der Waals surface area contributed by atoms with Gasteiger partial charge in [-0.15, -0.1) is 0 Å². The third kappa shape index (κ3) is 4.31. The minimum absolute atomic E-state index is 0.0625. The Bertz CT molecular complexity index is 704. The molecule has 0 aromatic heterocycles. The smallest absolute Gasteiger partial charge is 0.251 e. The predicted octanol–water partition coefficient (Wildman–Crippen LogP) is 2.29. The van der Waals surface area contributed by atoms with Gasteiger partial charge in [0.25, 0.3) is 5.91 Å². The lowest BCUT2D eigenvalue weighted by molar-refractivity contribution is 0.0930. The van der Waals surface area contributed by atoms with Gasteiger partial charge in [-0.05, 0) is 30.2 Å². The zero-order valence-corrected chi connectivity index (χ0v) is 13.1. The maximum atomic E-state index is 12.4. The first-order chi connectivity index (χ1) is 11.0. The number of benzene rings is 2. The van der Waals surface area contributed by atoms with Gasteiger partial charge in [0, 0.05) is 12.2 Å². The maximum absolute atomic E-state index is 12.4. The lowest BCUT2D eigenvalue weighted by atomic mass is 10.0. The lowest BCUT2D eigenvalue weighted by Crippen LogP contribution is -2.29. The Morgan fingerprint density at radius 3 is 2.48 bits per heavy atom. The van der Waals surface area contributed by atoms with Crippen LogP contribution >= 0.6 is 11.6 Å². The van der Waals surface area contributed by atoms with Gasteiger partial charge in [0.15, 0.2) is 0 Å². The summed E-state index contributed by atoms with van der Waals surface area (Å²) in [6.45, 7) is -0.0625. The molecular formula is C17H17ClN2O3. The Hall–Kier alpha value is -2.37. The standard InChI is InChI=1S/C17H17ClN2O3/c18-14-7-6-12(10-13(14)16(19)22)17(23)20-15(8-9-21)11-4-2-1-3-5-11/h1-7,10,15,21H,8-9H2,(H2,19,22)(H,20,23). The summed E-state index contributed by atoms with van der Waals surface area (Å²) < 4.78 is 0. The molecule has 0 heterocycles. The number of aliphatic hydroxyl groups is 1. The fraction of sp³-hybridized carbons (Fsp3) is 0.176. The van der Waals surface area contributed by atoms with Crippen LogP contribution in [-0.4, -0.2) is 23.5 Å². The monoisotopic (exact) mass is 332 g/mol. The summed E-state index contributed by atoms with van der Waals surface area (Å²) in [5.74, 6) is -1.06. The number of nitrogens with two attached hydrogens (primary N) is 1. The highest BCUT2D eigenvalue weighted by Crippen LogP contribution is 2.20. The second-order valence-electron chi connectivity index (χ2n) is 5.01. The molecule has 120 valence electrons. The van der Waals surface area contributed by atoms with Crippen LogP contribution in [0, 0.1) is 0 Å². The lowest BCUT2D eigenvalue weighted by Gasteiger charge is -2.18. The average molecular weight is 333 g/mol. The van der Waals surface area contributed by atoms with E-state index in [0.717, 1.165) is 5.56 Å². The summed E-state index contributed by atoms with van der Waals surface area (Å²) in [7, 11) is 0. The summed E-state index contributed by atoms with van der Waals surface area (Å²) in [6.07, 6.45) is 0.381. The molecule has 0 aliphatic rings. The van der Waals surface area contributed by atoms with Gasteiger partial charge in [-0.3, -0.25) is 9.59 Å². The minimum atomic E-state index is -0.695. The molecule has 2 aromatic carbocycles. The van der Waals surface area contributed by atoms with Crippen molar-refractivity contribution in [1.29, 1.82) is 0 Å². The van der Waals surface area contributed by atoms with Crippen molar-refractivity contribution < 1.29 is 14.7 Å². The third-order valence-corrected chi connectivity index (χ3v) is 3.75. The number of hydrogen-bond acceptors (Lipinski definition) is 3. The zero-order valence-electron chi connectivity index (χ0n) is 12.3. The van der Waals surface area contributed by atoms with Crippen LogP contribution in [0.3, 0.4) is 0 Å². The average Bonchev–Trinajstić information content (AvgIpc) is 2.55. The number of aliphatic hydroxyl groups excluding tert-OH is 1. The number of rotatable bonds is 6. The van der Waals surface area contributed by atoms with Gasteiger partial charge in [-0.25, -0.2) is 0 Å². The molecule has 0 aliphatic carbocycles. The van der Waals surface area contributed by atoms with Crippen molar-refractivity contribution in [3.63, 3.8) is 0 Å². The number of primary amides is 1. The molecule has 0 radical (unpaired) electrons. The molecule has 0 saturated carbocycles. The van der Waals surface area contributed by atoms with E-state index in [-0.39, 0.29) is 34.7 Å². The molecule has 0 spiro atoms. The van der Waals surface area contributed by atoms with Crippen LogP contribution in [0.2, 0.25) is 5.02 Å². The summed E-state index contributed by atoms with van der Waals surface area (Å²) >= 11 is 5.88. The molecule has 23 heavy (non-hydrogen) atoms. The molecular weight excluding hydrogens is 316 g/mol. The van der Waals surface area contributed by atoms with E-state index in [1.54, 1.807) is 0 Å². The predicted molar refractivity (Wildman–Crippen MR) is 88.3 cm³/mol. The van der Waals surface area contributed by atoms with Crippen LogP contribution in [0.5, 0.6) is 0 Å². The number of carbonyl (C=O) groups excluding carboxylic acids is 2. The minimum Gasteiger partial charge on any atom is -0.396 e. The summed E-state index contributed by atoms with van der Waals surface area (Å²) in [6, 6.07) is 13.3. The van der Waals surface area contributed by atoms with Crippen molar-refractivity contribution in [2.75, 3.05) is 6.61 Å². The topological polar surface area (TPSA) is 92.4 Å². The van der Waals surface area contributed by atoms with E-state index in [1.807, 2.05) is 30.3 Å². The number of carbonyl (C=O) groups is 2. The summed E-state index contributed by atoms with van der Waals surface area (Å²) in [5.41, 5.74) is 6.50. The molecule has 2 rings (SSSR count). The summed E-state index contributed by atoms with van der Waals surface area (Å²) in [5, 5.41) is 12.2. The zero-order chi connectivity index (χ0) is 16.8. The van der Waals surface area contributed by atoms with Crippen LogP contribution in [-0.2, 0) is 0 Å². The third-order valence-electron chi connectivity index (χ3n) is 3.42. The first-order valence-electron chi connectivity index (χ1n) is 7.09. The van der Waals surface area contributed by atoms with Crippen molar-refractivity contribution in [3.05, 3.63) is 70.2 Å². The number of nitrogens with one attached hydrogen (secondary N) is 1. The Morgan fingerprint density at radius 2 is 1.87 bits per heavy atom. The van der Waals surface area contributed by atoms with E-state index in [0.29, 0.717) is 6.42 Å². The molecule has 0 aliphatic heterocycles. The van der Waals surface area contributed by atoms with E-state index >= 15 is 0 Å². The molecule has 6 heteroatoms. The van der Waals surface area contributed by atoms with E-state index in [1.165, 1.54) is 18.2 Å². The van der Waals surface area contributed by atoms with Crippen LogP contribution in [0.1, 0.15) is 38.7 Å². The Morgan fingerprint density at radius 1 is 1.17 bits per heavy atom. The number of amides is 2. The van der Waals surface area contributed by atoms with Crippen molar-refractivity contribution in [1.82, 2.24) is 5.32 Å². The fourth-order valence-electron chi connectivity index (χ4n) is 2.23. The van der Waals surface area contributed by atoms with Crippen LogP contribution in [0.25, 0.3) is 0 Å². The molecule has 4 N–H and O–H groups in total. The van der Waals surface area contributed by atoms with Crippen LogP contribution < -0.4 is 11.1 Å². The van der Waals surface area contributed by atoms with Crippen LogP contribution in [0.4, 0.5) is 0 Å². The highest BCUT2D eigenvalue weighted by Gasteiger charge is 2.17. The molecule has 2 aromatic rings. The van der Waals surface area contributed by atoms with Crippen molar-refractivity contribution in [2.24, 2.45) is 5.73 Å². The van der Waals surface area contributed by atoms with Crippen molar-refractivity contribution in [3.8, 4) is 0 Å². The van der Waals surface area contributed by atoms with Gasteiger partial charge in [0.2, 0.25) is 5.91 Å². The molecule has 0 saturated heterocycles. The molecule has 0 bridgehead atoms. The summed E-state index contributed by atoms with van der Waals surface area (Å²) in [4.78, 5) is 23.7. The fourth-order valence-corrected chi connectivity index (χ4v) is 2.44. The van der Waals surface area contributed by atoms with Gasteiger partial charge < -0.3 is 16.2 Å². The number of halogens is 1. The van der Waals surface area contributed by atoms with Gasteiger partial charge in [-0.1, -0.05) is 41.9 Å². The van der Waals surface area contributed by atoms with Crippen molar-refractivity contribution >= 4 is 23.4 Å². The van der Waals surface area contributed by atoms with Gasteiger partial charge in [0.1, 0.15) is 0 Å². The highest BCUT2D eigenvalue weighted by molar-refractivity contribution is 6.34. The van der Waals surface area contributed by atoms with E-state index in [9.17, 15) is 14.7 Å².